The van der Waals surface area contributed by atoms with E-state index in [1.165, 1.54) is 27.7 Å². The van der Waals surface area contributed by atoms with Gasteiger partial charge in [0.1, 0.15) is 30.5 Å². The molecule has 2 unspecified atom stereocenters. The molecule has 1 aliphatic heterocycles. The summed E-state index contributed by atoms with van der Waals surface area (Å²) in [6, 6.07) is 8.14. The Labute approximate surface area is 261 Å². The Morgan fingerprint density at radius 2 is 1.56 bits per heavy atom. The van der Waals surface area contributed by atoms with E-state index in [0.29, 0.717) is 5.57 Å². The van der Waals surface area contributed by atoms with E-state index in [9.17, 15) is 34.5 Å². The fraction of sp³-hybridized carbons (Fsp3) is 0.636. The van der Waals surface area contributed by atoms with Gasteiger partial charge in [-0.1, -0.05) is 25.1 Å². The van der Waals surface area contributed by atoms with Gasteiger partial charge in [-0.2, -0.15) is 0 Å². The number of aliphatic hydroxyl groups is 3. The van der Waals surface area contributed by atoms with E-state index in [1.54, 1.807) is 44.2 Å². The van der Waals surface area contributed by atoms with Crippen molar-refractivity contribution in [3.63, 3.8) is 0 Å². The molecule has 3 aliphatic carbocycles. The molecule has 1 heterocycles. The molecule has 1 aromatic rings. The Bertz CT molecular complexity index is 1410. The molecule has 1 aromatic carbocycles. The van der Waals surface area contributed by atoms with Gasteiger partial charge < -0.3 is 39.0 Å². The second-order valence-corrected chi connectivity index (χ2v) is 13.5. The van der Waals surface area contributed by atoms with Crippen LogP contribution in [0.25, 0.3) is 0 Å². The Morgan fingerprint density at radius 1 is 0.933 bits per heavy atom. The summed E-state index contributed by atoms with van der Waals surface area (Å²) >= 11 is 0. The number of fused-ring (bicyclic) bond motifs is 4. The van der Waals surface area contributed by atoms with Crippen LogP contribution in [-0.4, -0.2) is 93.6 Å². The quantitative estimate of drug-likeness (QED) is 0.237. The van der Waals surface area contributed by atoms with Gasteiger partial charge in [-0.05, 0) is 50.5 Å². The third-order valence-corrected chi connectivity index (χ3v) is 10.5. The molecular formula is C33H42O12. The summed E-state index contributed by atoms with van der Waals surface area (Å²) in [6.45, 7) is 9.64. The van der Waals surface area contributed by atoms with Gasteiger partial charge in [-0.15, -0.1) is 0 Å². The highest BCUT2D eigenvalue weighted by Gasteiger charge is 2.80. The molecule has 2 saturated carbocycles. The predicted octanol–water partition coefficient (Wildman–Crippen LogP) is 2.02. The highest BCUT2D eigenvalue weighted by Crippen LogP contribution is 2.68. The van der Waals surface area contributed by atoms with Crippen molar-refractivity contribution < 1.29 is 58.2 Å². The van der Waals surface area contributed by atoms with Crippen molar-refractivity contribution in [1.29, 1.82) is 0 Å². The molecule has 4 aliphatic rings. The van der Waals surface area contributed by atoms with Gasteiger partial charge >= 0.3 is 23.9 Å². The van der Waals surface area contributed by atoms with Crippen LogP contribution in [-0.2, 0) is 38.1 Å². The summed E-state index contributed by atoms with van der Waals surface area (Å²) in [5.74, 6) is -4.09. The van der Waals surface area contributed by atoms with Gasteiger partial charge in [0.15, 0.2) is 5.60 Å². The zero-order chi connectivity index (χ0) is 33.3. The van der Waals surface area contributed by atoms with Crippen molar-refractivity contribution in [2.75, 3.05) is 6.61 Å². The number of hydrogen-bond donors (Lipinski definition) is 3. The molecule has 3 fully saturated rings. The Balaban J connectivity index is 1.90. The molecule has 0 spiro atoms. The van der Waals surface area contributed by atoms with Gasteiger partial charge in [0.25, 0.3) is 0 Å². The maximum atomic E-state index is 14.0. The minimum Gasteiger partial charge on any atom is -0.462 e. The molecule has 3 N–H and O–H groups in total. The van der Waals surface area contributed by atoms with Crippen LogP contribution in [0.3, 0.4) is 0 Å². The van der Waals surface area contributed by atoms with Crippen LogP contribution in [0.1, 0.15) is 71.7 Å². The summed E-state index contributed by atoms with van der Waals surface area (Å²) in [5, 5.41) is 35.9. The highest BCUT2D eigenvalue weighted by atomic mass is 16.6. The number of rotatable bonds is 6. The maximum absolute atomic E-state index is 14.0. The van der Waals surface area contributed by atoms with E-state index in [-0.39, 0.29) is 30.6 Å². The van der Waals surface area contributed by atoms with E-state index in [0.717, 1.165) is 6.92 Å². The van der Waals surface area contributed by atoms with Crippen molar-refractivity contribution >= 4 is 23.9 Å². The van der Waals surface area contributed by atoms with Crippen molar-refractivity contribution in [2.24, 2.45) is 16.7 Å². The van der Waals surface area contributed by atoms with Crippen molar-refractivity contribution in [3.8, 4) is 0 Å². The Kier molecular flexibility index (Phi) is 8.21. The molecule has 5 rings (SSSR count). The maximum Gasteiger partial charge on any atom is 0.338 e. The minimum absolute atomic E-state index is 0.000130. The van der Waals surface area contributed by atoms with Gasteiger partial charge in [0.05, 0.1) is 40.6 Å². The highest BCUT2D eigenvalue weighted by molar-refractivity contribution is 5.89. The predicted molar refractivity (Wildman–Crippen MR) is 155 cm³/mol. The van der Waals surface area contributed by atoms with Crippen LogP contribution >= 0.6 is 0 Å². The lowest BCUT2D eigenvalue weighted by molar-refractivity contribution is -0.352. The van der Waals surface area contributed by atoms with Crippen LogP contribution in [0.5, 0.6) is 0 Å². The Hall–Kier alpha value is -3.32. The van der Waals surface area contributed by atoms with Gasteiger partial charge in [-0.3, -0.25) is 14.4 Å². The van der Waals surface area contributed by atoms with Crippen LogP contribution in [0.4, 0.5) is 0 Å². The van der Waals surface area contributed by atoms with Gasteiger partial charge in [-0.25, -0.2) is 4.79 Å². The van der Waals surface area contributed by atoms with Gasteiger partial charge in [0, 0.05) is 27.2 Å². The Morgan fingerprint density at radius 3 is 2.07 bits per heavy atom. The van der Waals surface area contributed by atoms with E-state index in [4.69, 9.17) is 23.7 Å². The molecule has 246 valence electrons. The average Bonchev–Trinajstić information content (AvgIpc) is 3.18. The van der Waals surface area contributed by atoms with E-state index >= 15 is 0 Å². The number of carbonyl (C=O) groups excluding carboxylic acids is 4. The number of esters is 4. The summed E-state index contributed by atoms with van der Waals surface area (Å²) in [6.07, 6.45) is -7.93. The summed E-state index contributed by atoms with van der Waals surface area (Å²) in [4.78, 5) is 52.1. The van der Waals surface area contributed by atoms with E-state index < -0.39 is 88.5 Å². The van der Waals surface area contributed by atoms with Crippen LogP contribution in [0.2, 0.25) is 0 Å². The standard InChI is InChI=1S/C33H42O12/c1-16-21(37)14-32(30(5,6)40)24(16)25(38)27(43-18(3)35)31(7)22(42-17(2)34)13-23-33(15-41-23,45-19(4)36)26(31)28(32)44-29(39)20-11-9-8-10-12-20/h8-12,21-23,25-28,37-38,40H,13-15H2,1-7H3/t21-,22-,23+,25+,26?,27-,28?,31+,32-,33-/m0/s1. The first-order valence-electron chi connectivity index (χ1n) is 15.1. The SMILES string of the molecule is CC(=O)O[C@H]1C[C@H]2OC[C@@]2(OC(C)=O)C2C(OC(=O)c3ccccc3)[C@]3(C(C)(C)O)C[C@H](O)C(C)=C3[C@@H](O)[C@H](OC(C)=O)[C@@]21C. The first-order chi connectivity index (χ1) is 20.9. The summed E-state index contributed by atoms with van der Waals surface area (Å²) < 4.78 is 30.3. The lowest BCUT2D eigenvalue weighted by Crippen LogP contribution is -2.79. The fourth-order valence-electron chi connectivity index (χ4n) is 8.71. The minimum atomic E-state index is -1.80. The summed E-state index contributed by atoms with van der Waals surface area (Å²) in [7, 11) is 0. The molecule has 0 amide bonds. The second kappa shape index (κ2) is 11.2. The first kappa shape index (κ1) is 33.1. The van der Waals surface area contributed by atoms with Crippen molar-refractivity contribution in [3.05, 3.63) is 47.0 Å². The smallest absolute Gasteiger partial charge is 0.338 e. The molecule has 0 radical (unpaired) electrons. The lowest BCUT2D eigenvalue weighted by atomic mass is 9.49. The van der Waals surface area contributed by atoms with Crippen LogP contribution in [0.15, 0.2) is 41.5 Å². The van der Waals surface area contributed by atoms with E-state index in [1.807, 2.05) is 0 Å². The number of ether oxygens (including phenoxy) is 5. The van der Waals surface area contributed by atoms with Crippen LogP contribution in [0, 0.1) is 16.7 Å². The zero-order valence-corrected chi connectivity index (χ0v) is 26.6. The van der Waals surface area contributed by atoms with Gasteiger partial charge in [0.2, 0.25) is 0 Å². The normalized spacial score (nSPS) is 38.8. The number of hydrogen-bond acceptors (Lipinski definition) is 12. The third kappa shape index (κ3) is 4.88. The topological polar surface area (TPSA) is 175 Å². The van der Waals surface area contributed by atoms with Crippen LogP contribution < -0.4 is 0 Å². The van der Waals surface area contributed by atoms with Crippen molar-refractivity contribution in [1.82, 2.24) is 0 Å². The molecular weight excluding hydrogens is 588 g/mol. The average molecular weight is 631 g/mol. The molecule has 1 saturated heterocycles. The number of aliphatic hydroxyl groups excluding tert-OH is 2. The molecule has 0 aromatic heterocycles. The number of carbonyl (C=O) groups is 4. The summed E-state index contributed by atoms with van der Waals surface area (Å²) in [5.41, 5.74) is -6.04. The van der Waals surface area contributed by atoms with Crippen molar-refractivity contribution in [2.45, 2.75) is 109 Å². The molecule has 45 heavy (non-hydrogen) atoms. The lowest BCUT2D eigenvalue weighted by Gasteiger charge is -2.65. The number of benzene rings is 1. The largest absolute Gasteiger partial charge is 0.462 e. The molecule has 12 heteroatoms. The van der Waals surface area contributed by atoms with E-state index in [2.05, 4.69) is 0 Å². The second-order valence-electron chi connectivity index (χ2n) is 13.5. The zero-order valence-electron chi connectivity index (χ0n) is 26.6. The molecule has 0 bridgehead atoms. The fourth-order valence-corrected chi connectivity index (χ4v) is 8.71. The monoisotopic (exact) mass is 630 g/mol. The first-order valence-corrected chi connectivity index (χ1v) is 15.1. The third-order valence-electron chi connectivity index (χ3n) is 10.5. The molecule has 10 atom stereocenters. The molecule has 12 nitrogen and oxygen atoms in total.